The molecule has 3 aliphatic rings. The van der Waals surface area contributed by atoms with Crippen molar-refractivity contribution in [2.45, 2.75) is 58.0 Å². The van der Waals surface area contributed by atoms with Gasteiger partial charge in [-0.15, -0.1) is 0 Å². The summed E-state index contributed by atoms with van der Waals surface area (Å²) in [6.45, 7) is 5.05. The van der Waals surface area contributed by atoms with Crippen LogP contribution in [-0.4, -0.2) is 35.3 Å². The summed E-state index contributed by atoms with van der Waals surface area (Å²) < 4.78 is 0. The van der Waals surface area contributed by atoms with Crippen LogP contribution in [0.25, 0.3) is 0 Å². The summed E-state index contributed by atoms with van der Waals surface area (Å²) in [6.07, 6.45) is 5.41. The van der Waals surface area contributed by atoms with Crippen LogP contribution in [0, 0.1) is 17.8 Å². The summed E-state index contributed by atoms with van der Waals surface area (Å²) in [5.74, 6) is 1.56. The molecule has 0 radical (unpaired) electrons. The molecule has 1 heterocycles. The SMILES string of the molecule is CCC(C)CN1C(=O)C(C2CC2)NC(=O)C1C1CC1. The van der Waals surface area contributed by atoms with Crippen LogP contribution in [0.1, 0.15) is 46.0 Å². The molecule has 3 rings (SSSR count). The zero-order valence-electron chi connectivity index (χ0n) is 11.9. The standard InChI is InChI=1S/C15H24N2O2/c1-3-9(2)8-17-13(11-6-7-11)14(18)16-12(15(17)19)10-4-5-10/h9-13H,3-8H2,1-2H3,(H,16,18). The topological polar surface area (TPSA) is 49.4 Å². The number of carbonyl (C=O) groups excluding carboxylic acids is 2. The molecule has 0 bridgehead atoms. The molecule has 2 saturated carbocycles. The van der Waals surface area contributed by atoms with E-state index in [1.54, 1.807) is 0 Å². The Balaban J connectivity index is 1.79. The summed E-state index contributed by atoms with van der Waals surface area (Å²) >= 11 is 0. The van der Waals surface area contributed by atoms with Crippen LogP contribution in [0.5, 0.6) is 0 Å². The van der Waals surface area contributed by atoms with Gasteiger partial charge in [-0.2, -0.15) is 0 Å². The number of nitrogens with zero attached hydrogens (tertiary/aromatic N) is 1. The molecule has 1 N–H and O–H groups in total. The Kier molecular flexibility index (Phi) is 3.27. The van der Waals surface area contributed by atoms with Crippen molar-refractivity contribution in [1.29, 1.82) is 0 Å². The van der Waals surface area contributed by atoms with Gasteiger partial charge in [-0.25, -0.2) is 0 Å². The van der Waals surface area contributed by atoms with E-state index in [0.29, 0.717) is 17.8 Å². The molecule has 3 atom stereocenters. The fourth-order valence-electron chi connectivity index (χ4n) is 3.06. The quantitative estimate of drug-likeness (QED) is 0.819. The van der Waals surface area contributed by atoms with Crippen LogP contribution in [0.15, 0.2) is 0 Å². The van der Waals surface area contributed by atoms with E-state index >= 15 is 0 Å². The van der Waals surface area contributed by atoms with Crippen molar-refractivity contribution in [3.63, 3.8) is 0 Å². The molecule has 4 nitrogen and oxygen atoms in total. The predicted octanol–water partition coefficient (Wildman–Crippen LogP) is 1.55. The molecule has 1 saturated heterocycles. The molecule has 0 aromatic rings. The first-order valence-electron chi connectivity index (χ1n) is 7.72. The Morgan fingerprint density at radius 3 is 2.37 bits per heavy atom. The molecule has 3 fully saturated rings. The van der Waals surface area contributed by atoms with Crippen LogP contribution < -0.4 is 5.32 Å². The lowest BCUT2D eigenvalue weighted by molar-refractivity contribution is -0.151. The molecule has 4 heteroatoms. The first kappa shape index (κ1) is 12.9. The van der Waals surface area contributed by atoms with E-state index in [4.69, 9.17) is 0 Å². The Hall–Kier alpha value is -1.06. The summed E-state index contributed by atoms with van der Waals surface area (Å²) in [4.78, 5) is 26.9. The highest BCUT2D eigenvalue weighted by Crippen LogP contribution is 2.40. The smallest absolute Gasteiger partial charge is 0.246 e. The number of nitrogens with one attached hydrogen (secondary N) is 1. The molecule has 2 aliphatic carbocycles. The molecule has 19 heavy (non-hydrogen) atoms. The van der Waals surface area contributed by atoms with Crippen molar-refractivity contribution >= 4 is 11.8 Å². The highest BCUT2D eigenvalue weighted by molar-refractivity contribution is 5.97. The maximum atomic E-state index is 12.7. The number of hydrogen-bond donors (Lipinski definition) is 1. The van der Waals surface area contributed by atoms with Crippen molar-refractivity contribution in [1.82, 2.24) is 10.2 Å². The van der Waals surface area contributed by atoms with Crippen LogP contribution in [0.4, 0.5) is 0 Å². The van der Waals surface area contributed by atoms with E-state index in [1.807, 2.05) is 4.90 Å². The Morgan fingerprint density at radius 2 is 1.84 bits per heavy atom. The maximum Gasteiger partial charge on any atom is 0.246 e. The summed E-state index contributed by atoms with van der Waals surface area (Å²) in [5, 5.41) is 2.99. The lowest BCUT2D eigenvalue weighted by Crippen LogP contribution is -2.65. The third-order valence-corrected chi connectivity index (χ3v) is 4.82. The second-order valence-electron chi connectivity index (χ2n) is 6.61. The average molecular weight is 264 g/mol. The van der Waals surface area contributed by atoms with Gasteiger partial charge in [0.05, 0.1) is 0 Å². The van der Waals surface area contributed by atoms with Gasteiger partial charge in [-0.1, -0.05) is 20.3 Å². The van der Waals surface area contributed by atoms with Crippen molar-refractivity contribution in [2.24, 2.45) is 17.8 Å². The monoisotopic (exact) mass is 264 g/mol. The van der Waals surface area contributed by atoms with Crippen LogP contribution in [-0.2, 0) is 9.59 Å². The zero-order chi connectivity index (χ0) is 13.6. The van der Waals surface area contributed by atoms with Gasteiger partial charge in [0, 0.05) is 6.54 Å². The molecular formula is C15H24N2O2. The van der Waals surface area contributed by atoms with Crippen molar-refractivity contribution in [3.05, 3.63) is 0 Å². The molecule has 106 valence electrons. The van der Waals surface area contributed by atoms with E-state index in [1.165, 1.54) is 0 Å². The minimum atomic E-state index is -0.230. The minimum Gasteiger partial charge on any atom is -0.342 e. The molecule has 1 aliphatic heterocycles. The maximum absolute atomic E-state index is 12.7. The van der Waals surface area contributed by atoms with Gasteiger partial charge in [-0.3, -0.25) is 9.59 Å². The van der Waals surface area contributed by atoms with Crippen LogP contribution in [0.2, 0.25) is 0 Å². The third kappa shape index (κ3) is 2.49. The Bertz CT molecular complexity index is 388. The lowest BCUT2D eigenvalue weighted by Gasteiger charge is -2.40. The van der Waals surface area contributed by atoms with Crippen LogP contribution >= 0.6 is 0 Å². The fourth-order valence-corrected chi connectivity index (χ4v) is 3.06. The number of rotatable bonds is 5. The minimum absolute atomic E-state index is 0.0994. The number of hydrogen-bond acceptors (Lipinski definition) is 2. The first-order valence-corrected chi connectivity index (χ1v) is 7.72. The van der Waals surface area contributed by atoms with E-state index in [9.17, 15) is 9.59 Å². The van der Waals surface area contributed by atoms with E-state index in [0.717, 1.165) is 38.6 Å². The van der Waals surface area contributed by atoms with Gasteiger partial charge >= 0.3 is 0 Å². The fraction of sp³-hybridized carbons (Fsp3) is 0.867. The number of carbonyl (C=O) groups is 2. The van der Waals surface area contributed by atoms with Crippen LogP contribution in [0.3, 0.4) is 0 Å². The molecule has 0 aromatic carbocycles. The Labute approximate surface area is 114 Å². The molecule has 0 aromatic heterocycles. The predicted molar refractivity (Wildman–Crippen MR) is 72.3 cm³/mol. The van der Waals surface area contributed by atoms with Gasteiger partial charge in [-0.05, 0) is 43.4 Å². The highest BCUT2D eigenvalue weighted by atomic mass is 16.2. The van der Waals surface area contributed by atoms with Crippen molar-refractivity contribution in [2.75, 3.05) is 6.54 Å². The van der Waals surface area contributed by atoms with Gasteiger partial charge in [0.1, 0.15) is 12.1 Å². The normalized spacial score (nSPS) is 33.3. The molecule has 0 spiro atoms. The van der Waals surface area contributed by atoms with Gasteiger partial charge in [0.2, 0.25) is 11.8 Å². The summed E-state index contributed by atoms with van der Waals surface area (Å²) in [6, 6.07) is -0.414. The summed E-state index contributed by atoms with van der Waals surface area (Å²) in [7, 11) is 0. The highest BCUT2D eigenvalue weighted by Gasteiger charge is 2.51. The van der Waals surface area contributed by atoms with Crippen molar-refractivity contribution < 1.29 is 9.59 Å². The second-order valence-corrected chi connectivity index (χ2v) is 6.61. The Morgan fingerprint density at radius 1 is 1.21 bits per heavy atom. The van der Waals surface area contributed by atoms with Crippen molar-refractivity contribution in [3.8, 4) is 0 Å². The lowest BCUT2D eigenvalue weighted by atomic mass is 9.98. The number of amides is 2. The molecular weight excluding hydrogens is 240 g/mol. The average Bonchev–Trinajstić information content (AvgIpc) is 3.25. The first-order chi connectivity index (χ1) is 9.11. The zero-order valence-corrected chi connectivity index (χ0v) is 11.9. The largest absolute Gasteiger partial charge is 0.342 e. The second kappa shape index (κ2) is 4.80. The van der Waals surface area contributed by atoms with E-state index < -0.39 is 0 Å². The number of piperazine rings is 1. The van der Waals surface area contributed by atoms with E-state index in [2.05, 4.69) is 19.2 Å². The third-order valence-electron chi connectivity index (χ3n) is 4.82. The summed E-state index contributed by atoms with van der Waals surface area (Å²) in [5.41, 5.74) is 0. The molecule has 2 amide bonds. The molecule has 3 unspecified atom stereocenters. The van der Waals surface area contributed by atoms with E-state index in [-0.39, 0.29) is 23.9 Å². The van der Waals surface area contributed by atoms with Gasteiger partial charge < -0.3 is 10.2 Å². The van der Waals surface area contributed by atoms with Gasteiger partial charge in [0.25, 0.3) is 0 Å². The van der Waals surface area contributed by atoms with Gasteiger partial charge in [0.15, 0.2) is 0 Å².